The van der Waals surface area contributed by atoms with Gasteiger partial charge in [0.05, 0.1) is 6.04 Å². The van der Waals surface area contributed by atoms with Gasteiger partial charge in [0.25, 0.3) is 0 Å². The second-order valence-electron chi connectivity index (χ2n) is 7.60. The van der Waals surface area contributed by atoms with Gasteiger partial charge in [-0.3, -0.25) is 9.69 Å². The van der Waals surface area contributed by atoms with E-state index in [1.54, 1.807) is 0 Å². The van der Waals surface area contributed by atoms with Crippen LogP contribution in [0.15, 0.2) is 48.5 Å². The fourth-order valence-electron chi connectivity index (χ4n) is 3.68. The Bertz CT molecular complexity index is 734. The number of carbonyl (C=O) groups is 1. The van der Waals surface area contributed by atoms with Crippen LogP contribution in [0.3, 0.4) is 0 Å². The van der Waals surface area contributed by atoms with Crippen molar-refractivity contribution in [3.05, 3.63) is 70.2 Å². The molecular weight excluding hydrogens is 368 g/mol. The van der Waals surface area contributed by atoms with Crippen LogP contribution < -0.4 is 0 Å². The first-order valence-electron chi connectivity index (χ1n) is 9.79. The van der Waals surface area contributed by atoms with Gasteiger partial charge in [-0.1, -0.05) is 61.0 Å². The van der Waals surface area contributed by atoms with Gasteiger partial charge in [0.15, 0.2) is 5.78 Å². The molecule has 2 aromatic rings. The first kappa shape index (κ1) is 22.6. The first-order valence-corrected chi connectivity index (χ1v) is 10.2. The van der Waals surface area contributed by atoms with E-state index in [0.29, 0.717) is 12.2 Å². The number of carbonyl (C=O) groups excluding carboxylic acids is 1. The van der Waals surface area contributed by atoms with Crippen LogP contribution in [0.25, 0.3) is 0 Å². The smallest absolute Gasteiger partial charge is 0.154 e. The van der Waals surface area contributed by atoms with Gasteiger partial charge in [0, 0.05) is 37.6 Å². The zero-order chi connectivity index (χ0) is 19.2. The molecule has 1 aliphatic rings. The van der Waals surface area contributed by atoms with Gasteiger partial charge in [-0.15, -0.1) is 0 Å². The second kappa shape index (κ2) is 10.8. The molecule has 2 aromatic carbocycles. The Kier molecular flexibility index (Phi) is 8.68. The highest BCUT2D eigenvalue weighted by Gasteiger charge is 2.29. The maximum Gasteiger partial charge on any atom is 0.154 e. The Morgan fingerprint density at radius 3 is 2.21 bits per heavy atom. The molecule has 0 N–H and O–H groups in total. The van der Waals surface area contributed by atoms with Crippen molar-refractivity contribution in [2.75, 3.05) is 33.2 Å². The number of benzene rings is 2. The molecule has 0 spiro atoms. The van der Waals surface area contributed by atoms with Crippen LogP contribution in [0.1, 0.15) is 43.0 Å². The minimum Gasteiger partial charge on any atom is -0.304 e. The molecule has 3 nitrogen and oxygen atoms in total. The van der Waals surface area contributed by atoms with E-state index in [1.807, 2.05) is 24.3 Å². The molecule has 3 rings (SSSR count). The monoisotopic (exact) mass is 400 g/mol. The fourth-order valence-corrected chi connectivity index (χ4v) is 3.81. The number of nitrogens with zero attached hydrogens (tertiary/aromatic N) is 2. The Morgan fingerprint density at radius 2 is 1.61 bits per heavy atom. The van der Waals surface area contributed by atoms with Gasteiger partial charge in [-0.05, 0) is 50.1 Å². The van der Waals surface area contributed by atoms with E-state index in [9.17, 15) is 4.79 Å². The highest BCUT2D eigenvalue weighted by Crippen LogP contribution is 2.26. The standard InChI is InChI=1S/C23H29ClN2O.CH4/c1-18-6-10-20(11-7-18)23(26-16-14-25(2)15-17-26)22(27)5-3-4-19-8-12-21(24)13-9-19;/h6-13,23H,3-5,14-17H2,1-2H3;1H4. The zero-order valence-electron chi connectivity index (χ0n) is 16.3. The maximum atomic E-state index is 13.2. The molecule has 0 amide bonds. The van der Waals surface area contributed by atoms with Crippen molar-refractivity contribution in [2.45, 2.75) is 39.7 Å². The Hall–Kier alpha value is -1.68. The molecule has 0 bridgehead atoms. The number of piperazine rings is 1. The zero-order valence-corrected chi connectivity index (χ0v) is 17.1. The molecule has 1 fully saturated rings. The molecule has 1 aliphatic heterocycles. The average Bonchev–Trinajstić information content (AvgIpc) is 2.67. The van der Waals surface area contributed by atoms with Crippen molar-refractivity contribution in [1.29, 1.82) is 0 Å². The fraction of sp³-hybridized carbons (Fsp3) is 0.458. The predicted octanol–water partition coefficient (Wildman–Crippen LogP) is 5.17. The number of rotatable bonds is 7. The van der Waals surface area contributed by atoms with E-state index in [2.05, 4.69) is 48.0 Å². The predicted molar refractivity (Wildman–Crippen MR) is 119 cm³/mol. The molecule has 28 heavy (non-hydrogen) atoms. The lowest BCUT2D eigenvalue weighted by molar-refractivity contribution is -0.125. The van der Waals surface area contributed by atoms with Crippen LogP contribution in [-0.2, 0) is 11.2 Å². The van der Waals surface area contributed by atoms with Crippen LogP contribution in [-0.4, -0.2) is 48.8 Å². The van der Waals surface area contributed by atoms with Crippen LogP contribution in [0.5, 0.6) is 0 Å². The second-order valence-corrected chi connectivity index (χ2v) is 8.04. The summed E-state index contributed by atoms with van der Waals surface area (Å²) in [5.41, 5.74) is 3.59. The van der Waals surface area contributed by atoms with Crippen molar-refractivity contribution >= 4 is 17.4 Å². The molecule has 152 valence electrons. The van der Waals surface area contributed by atoms with Crippen LogP contribution in [0.2, 0.25) is 5.02 Å². The molecular formula is C24H33ClN2O. The molecule has 0 aromatic heterocycles. The van der Waals surface area contributed by atoms with Crippen molar-refractivity contribution in [2.24, 2.45) is 0 Å². The van der Waals surface area contributed by atoms with Crippen molar-refractivity contribution in [1.82, 2.24) is 9.80 Å². The third kappa shape index (κ3) is 6.16. The maximum absolute atomic E-state index is 13.2. The lowest BCUT2D eigenvalue weighted by atomic mass is 9.95. The summed E-state index contributed by atoms with van der Waals surface area (Å²) in [5, 5.41) is 0.754. The van der Waals surface area contributed by atoms with Crippen LogP contribution in [0.4, 0.5) is 0 Å². The Labute approximate surface area is 175 Å². The van der Waals surface area contributed by atoms with E-state index in [-0.39, 0.29) is 13.5 Å². The van der Waals surface area contributed by atoms with E-state index in [4.69, 9.17) is 11.6 Å². The van der Waals surface area contributed by atoms with E-state index in [0.717, 1.165) is 49.6 Å². The summed E-state index contributed by atoms with van der Waals surface area (Å²) >= 11 is 5.95. The minimum absolute atomic E-state index is 0. The summed E-state index contributed by atoms with van der Waals surface area (Å²) in [6, 6.07) is 16.3. The molecule has 1 saturated heterocycles. The third-order valence-corrected chi connectivity index (χ3v) is 5.65. The number of ketones is 1. The minimum atomic E-state index is -0.121. The summed E-state index contributed by atoms with van der Waals surface area (Å²) in [4.78, 5) is 17.9. The Balaban J connectivity index is 0.00000280. The van der Waals surface area contributed by atoms with Gasteiger partial charge < -0.3 is 4.90 Å². The number of Topliss-reactive ketones (excluding diaryl/α,β-unsaturated/α-hetero) is 1. The number of halogens is 1. The van der Waals surface area contributed by atoms with Gasteiger partial charge in [0.1, 0.15) is 0 Å². The van der Waals surface area contributed by atoms with Gasteiger partial charge >= 0.3 is 0 Å². The van der Waals surface area contributed by atoms with E-state index in [1.165, 1.54) is 11.1 Å². The molecule has 0 aliphatic carbocycles. The topological polar surface area (TPSA) is 23.6 Å². The molecule has 0 radical (unpaired) electrons. The molecule has 1 heterocycles. The van der Waals surface area contributed by atoms with Crippen LogP contribution in [0, 0.1) is 6.92 Å². The summed E-state index contributed by atoms with van der Waals surface area (Å²) in [7, 11) is 2.15. The van der Waals surface area contributed by atoms with Gasteiger partial charge in [-0.2, -0.15) is 0 Å². The molecule has 4 heteroatoms. The quantitative estimate of drug-likeness (QED) is 0.640. The third-order valence-electron chi connectivity index (χ3n) is 5.40. The lowest BCUT2D eigenvalue weighted by Crippen LogP contribution is -2.47. The number of likely N-dealkylation sites (N-methyl/N-ethyl adjacent to an activating group) is 1. The molecule has 1 atom stereocenters. The normalized spacial score (nSPS) is 16.4. The van der Waals surface area contributed by atoms with Gasteiger partial charge in [0.2, 0.25) is 0 Å². The lowest BCUT2D eigenvalue weighted by Gasteiger charge is -2.37. The SMILES string of the molecule is C.Cc1ccc(C(C(=O)CCCc2ccc(Cl)cc2)N2CCN(C)CC2)cc1. The first-order chi connectivity index (χ1) is 13.0. The summed E-state index contributed by atoms with van der Waals surface area (Å²) in [6.45, 7) is 6.00. The number of aryl methyl sites for hydroxylation is 2. The average molecular weight is 401 g/mol. The number of hydrogen-bond donors (Lipinski definition) is 0. The van der Waals surface area contributed by atoms with Crippen molar-refractivity contribution in [3.8, 4) is 0 Å². The highest BCUT2D eigenvalue weighted by atomic mass is 35.5. The van der Waals surface area contributed by atoms with E-state index < -0.39 is 0 Å². The van der Waals surface area contributed by atoms with Gasteiger partial charge in [-0.25, -0.2) is 0 Å². The highest BCUT2D eigenvalue weighted by molar-refractivity contribution is 6.30. The molecule has 0 saturated carbocycles. The Morgan fingerprint density at radius 1 is 1.00 bits per heavy atom. The van der Waals surface area contributed by atoms with E-state index >= 15 is 0 Å². The number of hydrogen-bond acceptors (Lipinski definition) is 3. The van der Waals surface area contributed by atoms with Crippen molar-refractivity contribution < 1.29 is 4.79 Å². The van der Waals surface area contributed by atoms with Crippen LogP contribution >= 0.6 is 11.6 Å². The van der Waals surface area contributed by atoms with Crippen molar-refractivity contribution in [3.63, 3.8) is 0 Å². The summed E-state index contributed by atoms with van der Waals surface area (Å²) in [5.74, 6) is 0.331. The summed E-state index contributed by atoms with van der Waals surface area (Å²) in [6.07, 6.45) is 2.39. The molecule has 1 unspecified atom stereocenters. The largest absolute Gasteiger partial charge is 0.304 e. The summed E-state index contributed by atoms with van der Waals surface area (Å²) < 4.78 is 0.